The van der Waals surface area contributed by atoms with Crippen LogP contribution in [-0.4, -0.2) is 31.8 Å². The van der Waals surface area contributed by atoms with Gasteiger partial charge in [0.2, 0.25) is 5.95 Å². The van der Waals surface area contributed by atoms with Crippen molar-refractivity contribution in [1.29, 1.82) is 0 Å². The molecule has 3 aromatic rings. The van der Waals surface area contributed by atoms with Crippen LogP contribution in [0.3, 0.4) is 0 Å². The Hall–Kier alpha value is -2.44. The Balaban J connectivity index is 0.00000243. The summed E-state index contributed by atoms with van der Waals surface area (Å²) in [4.78, 5) is 21.5. The molecule has 3 rings (SSSR count). The predicted octanol–water partition coefficient (Wildman–Crippen LogP) is 3.47. The number of nitrogens with zero attached hydrogens (tertiary/aromatic N) is 3. The number of pyridine rings is 1. The maximum Gasteiger partial charge on any atom is 0.259 e. The quantitative estimate of drug-likeness (QED) is 0.730. The lowest BCUT2D eigenvalue weighted by Gasteiger charge is -2.23. The van der Waals surface area contributed by atoms with E-state index < -0.39 is 5.54 Å². The number of aryl methyl sites for hydroxylation is 1. The number of aliphatic hydroxyl groups excluding tert-OH is 1. The molecule has 138 valence electrons. The molecule has 0 radical (unpaired) electrons. The number of anilines is 1. The van der Waals surface area contributed by atoms with Crippen LogP contribution in [0.15, 0.2) is 41.3 Å². The fourth-order valence-corrected chi connectivity index (χ4v) is 2.76. The molecule has 26 heavy (non-hydrogen) atoms. The molecule has 0 aliphatic carbocycles. The molecule has 0 amide bonds. The van der Waals surface area contributed by atoms with E-state index in [4.69, 9.17) is 11.6 Å². The summed E-state index contributed by atoms with van der Waals surface area (Å²) in [6.07, 6.45) is 1.65. The van der Waals surface area contributed by atoms with Crippen LogP contribution in [0.25, 0.3) is 22.2 Å². The normalized spacial score (nSPS) is 11.3. The molecular formula is C19H23ClN4O2. The van der Waals surface area contributed by atoms with Crippen molar-refractivity contribution >= 4 is 28.6 Å². The molecule has 0 saturated heterocycles. The summed E-state index contributed by atoms with van der Waals surface area (Å²) in [5, 5.41) is 13.7. The molecule has 1 aromatic carbocycles. The Morgan fingerprint density at radius 1 is 1.27 bits per heavy atom. The minimum atomic E-state index is -0.565. The number of benzene rings is 1. The van der Waals surface area contributed by atoms with Crippen LogP contribution in [0.2, 0.25) is 5.02 Å². The molecule has 7 heteroatoms. The van der Waals surface area contributed by atoms with Crippen molar-refractivity contribution in [1.82, 2.24) is 14.5 Å². The van der Waals surface area contributed by atoms with Crippen LogP contribution in [0.4, 0.5) is 5.95 Å². The molecular weight excluding hydrogens is 352 g/mol. The first-order chi connectivity index (χ1) is 11.8. The smallest absolute Gasteiger partial charge is 0.259 e. The molecule has 6 nitrogen and oxygen atoms in total. The zero-order valence-electron chi connectivity index (χ0n) is 14.2. The lowest BCUT2D eigenvalue weighted by Crippen LogP contribution is -2.35. The van der Waals surface area contributed by atoms with E-state index in [9.17, 15) is 9.90 Å². The van der Waals surface area contributed by atoms with Gasteiger partial charge in [-0.3, -0.25) is 9.36 Å². The number of nitrogens with one attached hydrogen (secondary N) is 1. The van der Waals surface area contributed by atoms with Crippen LogP contribution in [0, 0.1) is 0 Å². The van der Waals surface area contributed by atoms with Gasteiger partial charge in [0, 0.05) is 34.8 Å². The molecule has 0 unspecified atom stereocenters. The number of halogens is 1. The van der Waals surface area contributed by atoms with Gasteiger partial charge in [0.25, 0.3) is 5.56 Å². The lowest BCUT2D eigenvalue weighted by molar-refractivity contribution is 0.233. The van der Waals surface area contributed by atoms with E-state index in [2.05, 4.69) is 15.3 Å². The van der Waals surface area contributed by atoms with Gasteiger partial charge in [-0.25, -0.2) is 4.98 Å². The SMILES string of the molecule is C.Cn1c(=O)c(-c2ccccc2Cl)cc2cnc(NC(C)(C)CO)nc21. The average Bonchev–Trinajstić information content (AvgIpc) is 2.59. The molecule has 0 aliphatic rings. The highest BCUT2D eigenvalue weighted by molar-refractivity contribution is 6.33. The van der Waals surface area contributed by atoms with Crippen LogP contribution in [0.5, 0.6) is 0 Å². The van der Waals surface area contributed by atoms with Crippen molar-refractivity contribution in [3.8, 4) is 11.1 Å². The number of hydrogen-bond acceptors (Lipinski definition) is 5. The molecule has 2 heterocycles. The van der Waals surface area contributed by atoms with Crippen molar-refractivity contribution in [3.05, 3.63) is 51.9 Å². The molecule has 0 bridgehead atoms. The molecule has 0 aliphatic heterocycles. The number of fused-ring (bicyclic) bond motifs is 1. The highest BCUT2D eigenvalue weighted by Crippen LogP contribution is 2.27. The van der Waals surface area contributed by atoms with Crippen LogP contribution in [-0.2, 0) is 7.05 Å². The van der Waals surface area contributed by atoms with Gasteiger partial charge in [-0.05, 0) is 26.0 Å². The lowest BCUT2D eigenvalue weighted by atomic mass is 10.1. The largest absolute Gasteiger partial charge is 0.394 e. The first-order valence-corrected chi connectivity index (χ1v) is 8.21. The zero-order valence-corrected chi connectivity index (χ0v) is 15.0. The molecule has 0 fully saturated rings. The first kappa shape index (κ1) is 19.9. The monoisotopic (exact) mass is 374 g/mol. The second-order valence-corrected chi connectivity index (χ2v) is 6.95. The van der Waals surface area contributed by atoms with Gasteiger partial charge in [0.05, 0.1) is 12.1 Å². The molecule has 2 aromatic heterocycles. The van der Waals surface area contributed by atoms with Gasteiger partial charge in [-0.1, -0.05) is 37.2 Å². The fourth-order valence-electron chi connectivity index (χ4n) is 2.52. The summed E-state index contributed by atoms with van der Waals surface area (Å²) < 4.78 is 1.48. The number of aliphatic hydroxyl groups is 1. The Labute approximate surface area is 157 Å². The number of aromatic nitrogens is 3. The Morgan fingerprint density at radius 3 is 2.62 bits per heavy atom. The van der Waals surface area contributed by atoms with Gasteiger partial charge in [0.15, 0.2) is 0 Å². The maximum atomic E-state index is 12.8. The van der Waals surface area contributed by atoms with E-state index >= 15 is 0 Å². The summed E-state index contributed by atoms with van der Waals surface area (Å²) in [6, 6.07) is 8.97. The van der Waals surface area contributed by atoms with Crippen molar-refractivity contribution in [3.63, 3.8) is 0 Å². The summed E-state index contributed by atoms with van der Waals surface area (Å²) in [6.45, 7) is 3.60. The van der Waals surface area contributed by atoms with Gasteiger partial charge in [-0.2, -0.15) is 4.98 Å². The molecule has 0 atom stereocenters. The second kappa shape index (κ2) is 7.43. The first-order valence-electron chi connectivity index (χ1n) is 7.83. The van der Waals surface area contributed by atoms with E-state index in [1.807, 2.05) is 32.0 Å². The summed E-state index contributed by atoms with van der Waals surface area (Å²) in [5.41, 5.74) is 0.930. The van der Waals surface area contributed by atoms with E-state index in [1.54, 1.807) is 25.4 Å². The van der Waals surface area contributed by atoms with Crippen molar-refractivity contribution in [2.75, 3.05) is 11.9 Å². The summed E-state index contributed by atoms with van der Waals surface area (Å²) in [7, 11) is 1.67. The minimum Gasteiger partial charge on any atom is -0.394 e. The molecule has 0 spiro atoms. The van der Waals surface area contributed by atoms with Crippen LogP contribution < -0.4 is 10.9 Å². The zero-order chi connectivity index (χ0) is 18.2. The van der Waals surface area contributed by atoms with E-state index in [0.29, 0.717) is 27.7 Å². The third kappa shape index (κ3) is 3.71. The van der Waals surface area contributed by atoms with E-state index in [-0.39, 0.29) is 19.6 Å². The van der Waals surface area contributed by atoms with Crippen LogP contribution >= 0.6 is 11.6 Å². The van der Waals surface area contributed by atoms with E-state index in [1.165, 1.54) is 4.57 Å². The Bertz CT molecular complexity index is 998. The summed E-state index contributed by atoms with van der Waals surface area (Å²) in [5.74, 6) is 0.354. The van der Waals surface area contributed by atoms with Crippen molar-refractivity contribution < 1.29 is 5.11 Å². The van der Waals surface area contributed by atoms with Gasteiger partial charge < -0.3 is 10.4 Å². The Kier molecular flexibility index (Phi) is 5.68. The summed E-state index contributed by atoms with van der Waals surface area (Å²) >= 11 is 6.24. The Morgan fingerprint density at radius 2 is 1.96 bits per heavy atom. The van der Waals surface area contributed by atoms with Gasteiger partial charge in [0.1, 0.15) is 5.65 Å². The highest BCUT2D eigenvalue weighted by Gasteiger charge is 2.18. The maximum absolute atomic E-state index is 12.8. The van der Waals surface area contributed by atoms with Crippen molar-refractivity contribution in [2.24, 2.45) is 7.05 Å². The minimum absolute atomic E-state index is 0. The van der Waals surface area contributed by atoms with Gasteiger partial charge >= 0.3 is 0 Å². The standard InChI is InChI=1S/C18H19ClN4O2.CH4/c1-18(2,10-24)22-17-20-9-11-8-13(12-6-4-5-7-14(12)19)16(25)23(3)15(11)21-17;/h4-9,24H,10H2,1-3H3,(H,20,21,22);1H4. The third-order valence-electron chi connectivity index (χ3n) is 3.96. The van der Waals surface area contributed by atoms with E-state index in [0.717, 1.165) is 5.39 Å². The fraction of sp³-hybridized carbons (Fsp3) is 0.316. The number of rotatable bonds is 4. The average molecular weight is 375 g/mol. The predicted molar refractivity (Wildman–Crippen MR) is 107 cm³/mol. The highest BCUT2D eigenvalue weighted by atomic mass is 35.5. The van der Waals surface area contributed by atoms with Gasteiger partial charge in [-0.15, -0.1) is 0 Å². The molecule has 2 N–H and O–H groups in total. The topological polar surface area (TPSA) is 80.0 Å². The number of hydrogen-bond donors (Lipinski definition) is 2. The van der Waals surface area contributed by atoms with Crippen LogP contribution in [0.1, 0.15) is 21.3 Å². The van der Waals surface area contributed by atoms with Crippen molar-refractivity contribution in [2.45, 2.75) is 26.8 Å². The third-order valence-corrected chi connectivity index (χ3v) is 4.29. The molecule has 0 saturated carbocycles. The second-order valence-electron chi connectivity index (χ2n) is 6.54.